The molecule has 0 aromatic heterocycles. The number of rotatable bonds is 11. The summed E-state index contributed by atoms with van der Waals surface area (Å²) in [6, 6.07) is 28.6. The van der Waals surface area contributed by atoms with Gasteiger partial charge in [-0.2, -0.15) is 0 Å². The van der Waals surface area contributed by atoms with E-state index in [4.69, 9.17) is 21.1 Å². The number of carbonyl (C=O) groups is 2. The molecule has 6 heteroatoms. The van der Waals surface area contributed by atoms with Crippen LogP contribution < -0.4 is 0 Å². The van der Waals surface area contributed by atoms with Gasteiger partial charge in [-0.3, -0.25) is 9.28 Å². The summed E-state index contributed by atoms with van der Waals surface area (Å²) in [4.78, 5) is 25.4. The number of carbonyl (C=O) groups excluding carboxylic acids is 2. The topological polar surface area (TPSA) is 52.6 Å². The van der Waals surface area contributed by atoms with Gasteiger partial charge in [0.15, 0.2) is 0 Å². The Bertz CT molecular complexity index is 1120. The molecule has 0 saturated carbocycles. The number of quaternary nitrogens is 1. The third-order valence-electron chi connectivity index (χ3n) is 6.46. The lowest BCUT2D eigenvalue weighted by atomic mass is 9.77. The number of esters is 2. The molecule has 0 radical (unpaired) electrons. The standard InChI is InChI=1S/C30H35ClNO4/c1-5-27(33)36-30(26-19-13-8-14-20-26,21-24-15-9-6-10-16-24)23(2)22-32(3,4)29(31)35-28(34)25-17-11-7-12-18-25/h6-20,23,29H,5,21-22H2,1-4H3/q+1. The predicted octanol–water partition coefficient (Wildman–Crippen LogP) is 6.17. The van der Waals surface area contributed by atoms with Crippen molar-refractivity contribution in [1.82, 2.24) is 0 Å². The first-order valence-corrected chi connectivity index (χ1v) is 12.7. The first-order valence-electron chi connectivity index (χ1n) is 12.2. The Morgan fingerprint density at radius 1 is 0.889 bits per heavy atom. The summed E-state index contributed by atoms with van der Waals surface area (Å²) in [6.07, 6.45) is 0.767. The van der Waals surface area contributed by atoms with Crippen molar-refractivity contribution >= 4 is 23.5 Å². The van der Waals surface area contributed by atoms with Crippen LogP contribution in [0.5, 0.6) is 0 Å². The molecule has 0 spiro atoms. The highest BCUT2D eigenvalue weighted by Crippen LogP contribution is 2.39. The Labute approximate surface area is 219 Å². The second-order valence-corrected chi connectivity index (χ2v) is 10.0. The van der Waals surface area contributed by atoms with Gasteiger partial charge in [-0.05, 0) is 34.9 Å². The molecule has 0 heterocycles. The SMILES string of the molecule is CCC(=O)OC(Cc1ccccc1)(c1ccccc1)C(C)C[N+](C)(C)C(Cl)OC(=O)c1ccccc1. The summed E-state index contributed by atoms with van der Waals surface area (Å²) in [5.41, 5.74) is 0.532. The van der Waals surface area contributed by atoms with Crippen LogP contribution in [0.3, 0.4) is 0 Å². The van der Waals surface area contributed by atoms with E-state index in [0.29, 0.717) is 18.5 Å². The Balaban J connectivity index is 1.93. The van der Waals surface area contributed by atoms with Crippen LogP contribution in [0.25, 0.3) is 0 Å². The Kier molecular flexibility index (Phi) is 9.30. The number of hydrogen-bond acceptors (Lipinski definition) is 4. The molecular weight excluding hydrogens is 474 g/mol. The van der Waals surface area contributed by atoms with Gasteiger partial charge in [0.25, 0.3) is 0 Å². The highest BCUT2D eigenvalue weighted by molar-refractivity contribution is 6.19. The zero-order valence-corrected chi connectivity index (χ0v) is 22.2. The lowest BCUT2D eigenvalue weighted by Crippen LogP contribution is -2.55. The van der Waals surface area contributed by atoms with Gasteiger partial charge in [-0.15, -0.1) is 0 Å². The number of hydrogen-bond donors (Lipinski definition) is 0. The van der Waals surface area contributed by atoms with Crippen molar-refractivity contribution in [1.29, 1.82) is 0 Å². The highest BCUT2D eigenvalue weighted by atomic mass is 35.5. The monoisotopic (exact) mass is 508 g/mol. The number of alkyl halides is 1. The zero-order chi connectivity index (χ0) is 26.2. The summed E-state index contributed by atoms with van der Waals surface area (Å²) >= 11 is 6.67. The van der Waals surface area contributed by atoms with Crippen molar-refractivity contribution < 1.29 is 23.5 Å². The molecule has 3 aromatic carbocycles. The minimum atomic E-state index is -0.939. The maximum Gasteiger partial charge on any atom is 0.343 e. The molecule has 0 aliphatic rings. The van der Waals surface area contributed by atoms with Crippen LogP contribution in [0.15, 0.2) is 91.0 Å². The number of halogens is 1. The second kappa shape index (κ2) is 12.2. The minimum Gasteiger partial charge on any atom is -0.453 e. The van der Waals surface area contributed by atoms with E-state index in [0.717, 1.165) is 11.1 Å². The maximum atomic E-state index is 12.8. The van der Waals surface area contributed by atoms with Crippen LogP contribution in [0.1, 0.15) is 41.8 Å². The van der Waals surface area contributed by atoms with Crippen LogP contribution in [0.4, 0.5) is 0 Å². The largest absolute Gasteiger partial charge is 0.453 e. The average Bonchev–Trinajstić information content (AvgIpc) is 2.89. The summed E-state index contributed by atoms with van der Waals surface area (Å²) in [7, 11) is 3.82. The van der Waals surface area contributed by atoms with E-state index < -0.39 is 17.3 Å². The van der Waals surface area contributed by atoms with Crippen molar-refractivity contribution in [3.8, 4) is 0 Å². The average molecular weight is 509 g/mol. The predicted molar refractivity (Wildman–Crippen MR) is 142 cm³/mol. The van der Waals surface area contributed by atoms with Crippen molar-refractivity contribution in [3.63, 3.8) is 0 Å². The van der Waals surface area contributed by atoms with E-state index in [1.807, 2.05) is 80.8 Å². The van der Waals surface area contributed by atoms with Gasteiger partial charge in [-0.25, -0.2) is 4.79 Å². The van der Waals surface area contributed by atoms with Gasteiger partial charge >= 0.3 is 17.6 Å². The third kappa shape index (κ3) is 6.74. The normalized spacial score (nSPS) is 14.8. The Hall–Kier alpha value is -3.15. The van der Waals surface area contributed by atoms with E-state index in [-0.39, 0.29) is 22.8 Å². The minimum absolute atomic E-state index is 0.175. The summed E-state index contributed by atoms with van der Waals surface area (Å²) in [6.45, 7) is 4.33. The molecule has 190 valence electrons. The maximum absolute atomic E-state index is 12.8. The Morgan fingerprint density at radius 2 is 1.42 bits per heavy atom. The zero-order valence-electron chi connectivity index (χ0n) is 21.4. The molecule has 0 aliphatic carbocycles. The lowest BCUT2D eigenvalue weighted by Gasteiger charge is -2.43. The Morgan fingerprint density at radius 3 is 1.97 bits per heavy atom. The molecular formula is C30H35ClNO4+. The third-order valence-corrected chi connectivity index (χ3v) is 7.08. The lowest BCUT2D eigenvalue weighted by molar-refractivity contribution is -0.924. The number of benzene rings is 3. The van der Waals surface area contributed by atoms with Gasteiger partial charge in [0.1, 0.15) is 5.60 Å². The van der Waals surface area contributed by atoms with Crippen molar-refractivity contribution in [2.45, 2.75) is 38.0 Å². The number of ether oxygens (including phenoxy) is 2. The molecule has 3 atom stereocenters. The molecule has 3 unspecified atom stereocenters. The smallest absolute Gasteiger partial charge is 0.343 e. The van der Waals surface area contributed by atoms with Crippen LogP contribution in [-0.4, -0.2) is 42.7 Å². The van der Waals surface area contributed by atoms with Gasteiger partial charge in [-0.1, -0.05) is 92.7 Å². The van der Waals surface area contributed by atoms with Gasteiger partial charge in [0, 0.05) is 12.8 Å². The molecule has 0 N–H and O–H groups in total. The van der Waals surface area contributed by atoms with E-state index in [2.05, 4.69) is 6.92 Å². The molecule has 0 bridgehead atoms. The van der Waals surface area contributed by atoms with Crippen LogP contribution in [0, 0.1) is 5.92 Å². The van der Waals surface area contributed by atoms with Crippen LogP contribution in [-0.2, 0) is 26.3 Å². The molecule has 3 aromatic rings. The fourth-order valence-corrected chi connectivity index (χ4v) is 4.62. The fraction of sp³-hybridized carbons (Fsp3) is 0.333. The van der Waals surface area contributed by atoms with Crippen molar-refractivity contribution in [3.05, 3.63) is 108 Å². The quantitative estimate of drug-likeness (QED) is 0.102. The van der Waals surface area contributed by atoms with E-state index in [9.17, 15) is 9.59 Å². The summed E-state index contributed by atoms with van der Waals surface area (Å²) < 4.78 is 12.1. The van der Waals surface area contributed by atoms with Gasteiger partial charge < -0.3 is 9.47 Å². The number of nitrogens with zero attached hydrogens (tertiary/aromatic N) is 1. The highest BCUT2D eigenvalue weighted by Gasteiger charge is 2.46. The van der Waals surface area contributed by atoms with E-state index in [1.54, 1.807) is 31.2 Å². The summed E-state index contributed by atoms with van der Waals surface area (Å²) in [5.74, 6) is -0.933. The van der Waals surface area contributed by atoms with Gasteiger partial charge in [0.05, 0.1) is 32.1 Å². The molecule has 0 saturated heterocycles. The molecule has 0 fully saturated rings. The molecule has 3 rings (SSSR count). The van der Waals surface area contributed by atoms with Crippen molar-refractivity contribution in [2.24, 2.45) is 5.92 Å². The fourth-order valence-electron chi connectivity index (χ4n) is 4.46. The van der Waals surface area contributed by atoms with Crippen LogP contribution >= 0.6 is 11.6 Å². The van der Waals surface area contributed by atoms with Crippen LogP contribution in [0.2, 0.25) is 0 Å². The second-order valence-electron chi connectivity index (χ2n) is 9.67. The summed E-state index contributed by atoms with van der Waals surface area (Å²) in [5, 5.41) is 0. The molecule has 0 aliphatic heterocycles. The van der Waals surface area contributed by atoms with Crippen molar-refractivity contribution in [2.75, 3.05) is 20.6 Å². The van der Waals surface area contributed by atoms with E-state index in [1.165, 1.54) is 0 Å². The first-order chi connectivity index (χ1) is 17.2. The molecule has 36 heavy (non-hydrogen) atoms. The van der Waals surface area contributed by atoms with E-state index >= 15 is 0 Å². The van der Waals surface area contributed by atoms with Gasteiger partial charge in [0.2, 0.25) is 0 Å². The molecule has 0 amide bonds. The molecule has 5 nitrogen and oxygen atoms in total. The first kappa shape index (κ1) is 27.4.